The van der Waals surface area contributed by atoms with E-state index in [1.807, 2.05) is 24.4 Å². The molecule has 5 aromatic rings. The van der Waals surface area contributed by atoms with Gasteiger partial charge in [0.15, 0.2) is 0 Å². The number of pyridine rings is 2. The van der Waals surface area contributed by atoms with Crippen molar-refractivity contribution in [2.75, 3.05) is 0 Å². The van der Waals surface area contributed by atoms with Crippen LogP contribution in [0.25, 0.3) is 44.6 Å². The molecule has 3 nitrogen and oxygen atoms in total. The lowest BCUT2D eigenvalue weighted by atomic mass is 9.84. The minimum absolute atomic E-state index is 0.678. The number of benzene rings is 2. The van der Waals surface area contributed by atoms with Crippen LogP contribution in [0, 0.1) is 17.8 Å². The molecule has 3 heteroatoms. The van der Waals surface area contributed by atoms with Gasteiger partial charge in [-0.3, -0.25) is 4.98 Å². The molecule has 0 radical (unpaired) electrons. The maximum atomic E-state index is 6.36. The molecule has 2 bridgehead atoms. The summed E-state index contributed by atoms with van der Waals surface area (Å²) in [6, 6.07) is 25.3. The van der Waals surface area contributed by atoms with Gasteiger partial charge in [-0.05, 0) is 79.3 Å². The van der Waals surface area contributed by atoms with E-state index in [4.69, 9.17) is 14.4 Å². The van der Waals surface area contributed by atoms with Crippen LogP contribution >= 0.6 is 0 Å². The van der Waals surface area contributed by atoms with E-state index >= 15 is 0 Å². The third-order valence-corrected chi connectivity index (χ3v) is 7.92. The molecule has 2 fully saturated rings. The second-order valence-electron chi connectivity index (χ2n) is 9.89. The summed E-state index contributed by atoms with van der Waals surface area (Å²) in [5, 5.41) is 2.14. The van der Waals surface area contributed by atoms with E-state index in [0.29, 0.717) is 5.71 Å². The van der Waals surface area contributed by atoms with Crippen LogP contribution in [0.2, 0.25) is 0 Å². The number of hydrogen-bond donors (Lipinski definition) is 0. The van der Waals surface area contributed by atoms with Crippen molar-refractivity contribution in [3.8, 4) is 22.5 Å². The van der Waals surface area contributed by atoms with Gasteiger partial charge in [0.05, 0.1) is 11.4 Å². The maximum absolute atomic E-state index is 6.36. The Morgan fingerprint density at radius 1 is 0.818 bits per heavy atom. The van der Waals surface area contributed by atoms with Gasteiger partial charge in [0.2, 0.25) is 5.71 Å². The molecule has 2 aliphatic carbocycles. The molecular weight excluding hydrogens is 404 g/mol. The molecule has 162 valence electrons. The van der Waals surface area contributed by atoms with Crippen molar-refractivity contribution in [2.24, 2.45) is 17.8 Å². The third-order valence-electron chi connectivity index (χ3n) is 7.92. The minimum atomic E-state index is 0.678. The molecule has 0 N–H and O–H groups in total. The molecular formula is C30H26N2O. The SMILES string of the molecule is c1ccc(-c2ccc3c(n2)oc2c(-c4cc(CC5CC6CCC5C6)ccn4)cccc23)cc1. The van der Waals surface area contributed by atoms with Gasteiger partial charge in [0.1, 0.15) is 5.58 Å². The van der Waals surface area contributed by atoms with Gasteiger partial charge in [-0.15, -0.1) is 0 Å². The summed E-state index contributed by atoms with van der Waals surface area (Å²) in [7, 11) is 0. The fraction of sp³-hybridized carbons (Fsp3) is 0.267. The smallest absolute Gasteiger partial charge is 0.227 e. The number of fused-ring (bicyclic) bond motifs is 5. The zero-order valence-corrected chi connectivity index (χ0v) is 18.6. The number of para-hydroxylation sites is 1. The summed E-state index contributed by atoms with van der Waals surface area (Å²) >= 11 is 0. The Labute approximate surface area is 193 Å². The lowest BCUT2D eigenvalue weighted by molar-refractivity contribution is 0.331. The highest BCUT2D eigenvalue weighted by Crippen LogP contribution is 2.49. The summed E-state index contributed by atoms with van der Waals surface area (Å²) in [4.78, 5) is 9.58. The highest BCUT2D eigenvalue weighted by Gasteiger charge is 2.39. The van der Waals surface area contributed by atoms with Gasteiger partial charge >= 0.3 is 0 Å². The second kappa shape index (κ2) is 7.55. The van der Waals surface area contributed by atoms with E-state index in [1.54, 1.807) is 0 Å². The summed E-state index contributed by atoms with van der Waals surface area (Å²) in [5.41, 5.74) is 7.00. The van der Waals surface area contributed by atoms with Crippen molar-refractivity contribution in [3.63, 3.8) is 0 Å². The molecule has 0 spiro atoms. The number of aromatic nitrogens is 2. The quantitative estimate of drug-likeness (QED) is 0.293. The van der Waals surface area contributed by atoms with E-state index in [-0.39, 0.29) is 0 Å². The first-order valence-electron chi connectivity index (χ1n) is 12.1. The first-order chi connectivity index (χ1) is 16.3. The van der Waals surface area contributed by atoms with Crippen LogP contribution in [0.5, 0.6) is 0 Å². The van der Waals surface area contributed by atoms with Crippen LogP contribution < -0.4 is 0 Å². The number of hydrogen-bond acceptors (Lipinski definition) is 3. The summed E-state index contributed by atoms with van der Waals surface area (Å²) in [6.07, 6.45) is 8.90. The van der Waals surface area contributed by atoms with Crippen LogP contribution in [-0.2, 0) is 6.42 Å². The van der Waals surface area contributed by atoms with E-state index < -0.39 is 0 Å². The average Bonchev–Trinajstić information content (AvgIpc) is 3.58. The summed E-state index contributed by atoms with van der Waals surface area (Å²) < 4.78 is 6.36. The van der Waals surface area contributed by atoms with Gasteiger partial charge in [0.25, 0.3) is 0 Å². The predicted molar refractivity (Wildman–Crippen MR) is 133 cm³/mol. The predicted octanol–water partition coefficient (Wildman–Crippen LogP) is 7.69. The summed E-state index contributed by atoms with van der Waals surface area (Å²) in [5.74, 6) is 2.77. The van der Waals surface area contributed by atoms with Crippen LogP contribution in [0.4, 0.5) is 0 Å². The Kier molecular flexibility index (Phi) is 4.36. The van der Waals surface area contributed by atoms with Crippen LogP contribution in [-0.4, -0.2) is 9.97 Å². The molecule has 2 saturated carbocycles. The molecule has 2 aromatic carbocycles. The number of rotatable bonds is 4. The Bertz CT molecular complexity index is 1470. The fourth-order valence-electron chi connectivity index (χ4n) is 6.33. The average molecular weight is 431 g/mol. The topological polar surface area (TPSA) is 38.9 Å². The van der Waals surface area contributed by atoms with Crippen LogP contribution in [0.1, 0.15) is 31.2 Å². The van der Waals surface area contributed by atoms with E-state index in [1.165, 1.54) is 37.7 Å². The Morgan fingerprint density at radius 2 is 1.76 bits per heavy atom. The van der Waals surface area contributed by atoms with Gasteiger partial charge in [-0.25, -0.2) is 4.98 Å². The molecule has 0 amide bonds. The van der Waals surface area contributed by atoms with Crippen molar-refractivity contribution < 1.29 is 4.42 Å². The van der Waals surface area contributed by atoms with Crippen molar-refractivity contribution >= 4 is 22.1 Å². The molecule has 3 heterocycles. The fourth-order valence-corrected chi connectivity index (χ4v) is 6.33. The van der Waals surface area contributed by atoms with Crippen molar-refractivity contribution in [1.29, 1.82) is 0 Å². The minimum Gasteiger partial charge on any atom is -0.437 e. The zero-order valence-electron chi connectivity index (χ0n) is 18.6. The molecule has 3 unspecified atom stereocenters. The Balaban J connectivity index is 1.28. The largest absolute Gasteiger partial charge is 0.437 e. The van der Waals surface area contributed by atoms with E-state index in [9.17, 15) is 0 Å². The highest BCUT2D eigenvalue weighted by atomic mass is 16.3. The highest BCUT2D eigenvalue weighted by molar-refractivity contribution is 6.08. The van der Waals surface area contributed by atoms with Crippen molar-refractivity contribution in [1.82, 2.24) is 9.97 Å². The second-order valence-corrected chi connectivity index (χ2v) is 9.89. The molecule has 33 heavy (non-hydrogen) atoms. The standard InChI is InChI=1S/C30H26N2O/c1-2-5-21(6-3-1)27-12-11-25-24-7-4-8-26(29(24)33-30(25)32-27)28-18-20(13-14-31-28)17-23-16-19-9-10-22(23)15-19/h1-8,11-14,18-19,22-23H,9-10,15-17H2. The lowest BCUT2D eigenvalue weighted by Gasteiger charge is -2.21. The monoisotopic (exact) mass is 430 g/mol. The van der Waals surface area contributed by atoms with Gasteiger partial charge in [-0.1, -0.05) is 48.9 Å². The molecule has 0 saturated heterocycles. The van der Waals surface area contributed by atoms with E-state index in [2.05, 4.69) is 54.6 Å². The van der Waals surface area contributed by atoms with Gasteiger partial charge < -0.3 is 4.42 Å². The molecule has 7 rings (SSSR count). The van der Waals surface area contributed by atoms with Crippen molar-refractivity contribution in [2.45, 2.75) is 32.1 Å². The molecule has 3 aromatic heterocycles. The molecule has 0 aliphatic heterocycles. The number of nitrogens with zero attached hydrogens (tertiary/aromatic N) is 2. The van der Waals surface area contributed by atoms with Gasteiger partial charge in [-0.2, -0.15) is 0 Å². The van der Waals surface area contributed by atoms with E-state index in [0.717, 1.165) is 56.6 Å². The maximum Gasteiger partial charge on any atom is 0.227 e. The van der Waals surface area contributed by atoms with Crippen LogP contribution in [0.3, 0.4) is 0 Å². The first-order valence-corrected chi connectivity index (χ1v) is 12.1. The molecule has 3 atom stereocenters. The van der Waals surface area contributed by atoms with Crippen molar-refractivity contribution in [3.05, 3.63) is 84.6 Å². The van der Waals surface area contributed by atoms with Crippen LogP contribution in [0.15, 0.2) is 83.4 Å². The lowest BCUT2D eigenvalue weighted by Crippen LogP contribution is -2.13. The Morgan fingerprint density at radius 3 is 2.61 bits per heavy atom. The summed E-state index contributed by atoms with van der Waals surface area (Å²) in [6.45, 7) is 0. The molecule has 2 aliphatic rings. The van der Waals surface area contributed by atoms with Gasteiger partial charge in [0, 0.05) is 28.1 Å². The number of furan rings is 1. The normalized spacial score (nSPS) is 21.9. The first kappa shape index (κ1) is 19.0. The zero-order chi connectivity index (χ0) is 21.8. The Hall–Kier alpha value is -3.46. The third kappa shape index (κ3) is 3.26.